The van der Waals surface area contributed by atoms with E-state index in [0.717, 1.165) is 6.42 Å². The van der Waals surface area contributed by atoms with Crippen molar-refractivity contribution in [2.45, 2.75) is 39.2 Å². The maximum Gasteiger partial charge on any atom is 0.269 e. The molecule has 0 aliphatic heterocycles. The van der Waals surface area contributed by atoms with Crippen molar-refractivity contribution in [3.8, 4) is 5.88 Å². The first kappa shape index (κ1) is 16.3. The smallest absolute Gasteiger partial charge is 0.269 e. The van der Waals surface area contributed by atoms with E-state index in [-0.39, 0.29) is 18.1 Å². The third kappa shape index (κ3) is 5.40. The number of ether oxygens (including phenoxy) is 1. The van der Waals surface area contributed by atoms with Gasteiger partial charge in [-0.25, -0.2) is 13.8 Å². The van der Waals surface area contributed by atoms with Crippen LogP contribution >= 0.6 is 15.9 Å². The molecular formula is C13H19BrF2N2O. The van der Waals surface area contributed by atoms with E-state index in [9.17, 15) is 8.78 Å². The summed E-state index contributed by atoms with van der Waals surface area (Å²) in [5.74, 6) is 0.352. The maximum atomic E-state index is 12.9. The lowest BCUT2D eigenvalue weighted by atomic mass is 9.93. The molecule has 108 valence electrons. The van der Waals surface area contributed by atoms with Gasteiger partial charge < -0.3 is 10.5 Å². The predicted octanol–water partition coefficient (Wildman–Crippen LogP) is 3.92. The van der Waals surface area contributed by atoms with E-state index < -0.39 is 12.0 Å². The Morgan fingerprint density at radius 1 is 1.47 bits per heavy atom. The molecule has 0 aromatic carbocycles. The zero-order valence-corrected chi connectivity index (χ0v) is 12.9. The van der Waals surface area contributed by atoms with E-state index in [0.29, 0.717) is 10.4 Å². The third-order valence-electron chi connectivity index (χ3n) is 2.49. The van der Waals surface area contributed by atoms with Crippen LogP contribution in [0.1, 0.15) is 39.2 Å². The lowest BCUT2D eigenvalue weighted by Gasteiger charge is -2.26. The van der Waals surface area contributed by atoms with Crippen LogP contribution in [0.5, 0.6) is 5.88 Å². The molecule has 0 fully saturated rings. The highest BCUT2D eigenvalue weighted by molar-refractivity contribution is 9.10. The summed E-state index contributed by atoms with van der Waals surface area (Å²) in [5.41, 5.74) is 5.28. The van der Waals surface area contributed by atoms with Gasteiger partial charge in [0.15, 0.2) is 0 Å². The Morgan fingerprint density at radius 2 is 2.11 bits per heavy atom. The van der Waals surface area contributed by atoms with E-state index in [1.54, 1.807) is 0 Å². The molecule has 0 amide bonds. The minimum Gasteiger partial charge on any atom is -0.475 e. The summed E-state index contributed by atoms with van der Waals surface area (Å²) in [6.45, 7) is 6.09. The summed E-state index contributed by atoms with van der Waals surface area (Å²) < 4.78 is 31.6. The monoisotopic (exact) mass is 336 g/mol. The lowest BCUT2D eigenvalue weighted by molar-refractivity contribution is 0.137. The zero-order chi connectivity index (χ0) is 14.6. The zero-order valence-electron chi connectivity index (χ0n) is 11.3. The molecule has 0 saturated heterocycles. The van der Waals surface area contributed by atoms with Crippen molar-refractivity contribution in [1.29, 1.82) is 0 Å². The standard InChI is InChI=1S/C13H19BrF2N2O/c1-8(2)5-13(3,17)7-19-12-10(11(15)16)4-9(14)6-18-12/h4,6,8,11H,5,7,17H2,1-3H3/t13-/m0/s1. The number of alkyl halides is 2. The number of nitrogens with two attached hydrogens (primary N) is 1. The van der Waals surface area contributed by atoms with Crippen LogP contribution in [0.15, 0.2) is 16.7 Å². The van der Waals surface area contributed by atoms with E-state index in [1.165, 1.54) is 12.3 Å². The van der Waals surface area contributed by atoms with Gasteiger partial charge in [0.05, 0.1) is 5.56 Å². The number of pyridine rings is 1. The third-order valence-corrected chi connectivity index (χ3v) is 2.93. The van der Waals surface area contributed by atoms with Crippen LogP contribution in [0.2, 0.25) is 0 Å². The van der Waals surface area contributed by atoms with Crippen molar-refractivity contribution in [2.75, 3.05) is 6.61 Å². The summed E-state index contributed by atoms with van der Waals surface area (Å²) >= 11 is 3.11. The van der Waals surface area contributed by atoms with Gasteiger partial charge in [-0.1, -0.05) is 13.8 Å². The fourth-order valence-electron chi connectivity index (χ4n) is 1.94. The molecule has 1 atom stereocenters. The Bertz CT molecular complexity index is 425. The second-order valence-corrected chi connectivity index (χ2v) is 6.30. The number of nitrogens with zero attached hydrogens (tertiary/aromatic N) is 1. The van der Waals surface area contributed by atoms with Gasteiger partial charge in [-0.3, -0.25) is 0 Å². The summed E-state index contributed by atoms with van der Waals surface area (Å²) in [6, 6.07) is 1.31. The van der Waals surface area contributed by atoms with Crippen LogP contribution in [-0.2, 0) is 0 Å². The fourth-order valence-corrected chi connectivity index (χ4v) is 2.29. The van der Waals surface area contributed by atoms with Crippen molar-refractivity contribution >= 4 is 15.9 Å². The van der Waals surface area contributed by atoms with Crippen molar-refractivity contribution in [3.63, 3.8) is 0 Å². The predicted molar refractivity (Wildman–Crippen MR) is 74.4 cm³/mol. The number of halogens is 3. The van der Waals surface area contributed by atoms with Gasteiger partial charge in [0, 0.05) is 16.2 Å². The molecule has 1 heterocycles. The van der Waals surface area contributed by atoms with E-state index in [2.05, 4.69) is 20.9 Å². The highest BCUT2D eigenvalue weighted by Crippen LogP contribution is 2.30. The maximum absolute atomic E-state index is 12.9. The van der Waals surface area contributed by atoms with E-state index in [4.69, 9.17) is 10.5 Å². The van der Waals surface area contributed by atoms with Crippen LogP contribution in [0.4, 0.5) is 8.78 Å². The second-order valence-electron chi connectivity index (χ2n) is 5.39. The van der Waals surface area contributed by atoms with E-state index in [1.807, 2.05) is 20.8 Å². The van der Waals surface area contributed by atoms with Crippen molar-refractivity contribution in [1.82, 2.24) is 4.98 Å². The summed E-state index contributed by atoms with van der Waals surface area (Å²) in [6.07, 6.45) is -0.459. The van der Waals surface area contributed by atoms with Crippen LogP contribution in [0.25, 0.3) is 0 Å². The summed E-state index contributed by atoms with van der Waals surface area (Å²) in [7, 11) is 0. The van der Waals surface area contributed by atoms with Crippen LogP contribution in [0.3, 0.4) is 0 Å². The molecule has 3 nitrogen and oxygen atoms in total. The number of rotatable bonds is 6. The first-order chi connectivity index (χ1) is 8.71. The Labute approximate surface area is 120 Å². The largest absolute Gasteiger partial charge is 0.475 e. The quantitative estimate of drug-likeness (QED) is 0.856. The fraction of sp³-hybridized carbons (Fsp3) is 0.615. The van der Waals surface area contributed by atoms with Crippen molar-refractivity contribution in [2.24, 2.45) is 11.7 Å². The van der Waals surface area contributed by atoms with Gasteiger partial charge in [-0.15, -0.1) is 0 Å². The molecule has 0 aliphatic carbocycles. The normalized spacial score (nSPS) is 14.8. The van der Waals surface area contributed by atoms with Crippen molar-refractivity contribution < 1.29 is 13.5 Å². The topological polar surface area (TPSA) is 48.1 Å². The van der Waals surface area contributed by atoms with Gasteiger partial charge in [0.1, 0.15) is 6.61 Å². The molecule has 0 saturated carbocycles. The van der Waals surface area contributed by atoms with Gasteiger partial charge in [-0.2, -0.15) is 0 Å². The van der Waals surface area contributed by atoms with Crippen LogP contribution in [-0.4, -0.2) is 17.1 Å². The lowest BCUT2D eigenvalue weighted by Crippen LogP contribution is -2.43. The molecular weight excluding hydrogens is 318 g/mol. The Hall–Kier alpha value is -0.750. The molecule has 1 aromatic heterocycles. The molecule has 0 unspecified atom stereocenters. The molecule has 19 heavy (non-hydrogen) atoms. The second kappa shape index (κ2) is 6.61. The molecule has 0 spiro atoms. The molecule has 6 heteroatoms. The number of aromatic nitrogens is 1. The molecule has 0 bridgehead atoms. The minimum atomic E-state index is -2.63. The molecule has 1 aromatic rings. The Balaban J connectivity index is 2.77. The van der Waals surface area contributed by atoms with Gasteiger partial charge in [-0.05, 0) is 41.3 Å². The Kier molecular flexibility index (Phi) is 5.67. The van der Waals surface area contributed by atoms with Gasteiger partial charge in [0.25, 0.3) is 6.43 Å². The molecule has 0 radical (unpaired) electrons. The SMILES string of the molecule is CC(C)C[C@](C)(N)COc1ncc(Br)cc1C(F)F. The minimum absolute atomic E-state index is 0.0568. The number of hydrogen-bond acceptors (Lipinski definition) is 3. The molecule has 0 aliphatic rings. The van der Waals surface area contributed by atoms with E-state index >= 15 is 0 Å². The molecule has 2 N–H and O–H groups in total. The Morgan fingerprint density at radius 3 is 2.63 bits per heavy atom. The highest BCUT2D eigenvalue weighted by Gasteiger charge is 2.23. The first-order valence-corrected chi connectivity index (χ1v) is 6.86. The van der Waals surface area contributed by atoms with Crippen LogP contribution in [0, 0.1) is 5.92 Å². The number of hydrogen-bond donors (Lipinski definition) is 1. The van der Waals surface area contributed by atoms with Crippen molar-refractivity contribution in [3.05, 3.63) is 22.3 Å². The average molecular weight is 337 g/mol. The summed E-state index contributed by atoms with van der Waals surface area (Å²) in [4.78, 5) is 3.88. The first-order valence-electron chi connectivity index (χ1n) is 6.06. The highest BCUT2D eigenvalue weighted by atomic mass is 79.9. The average Bonchev–Trinajstić information content (AvgIpc) is 2.25. The molecule has 1 rings (SSSR count). The summed E-state index contributed by atoms with van der Waals surface area (Å²) in [5, 5.41) is 0. The van der Waals surface area contributed by atoms with Crippen LogP contribution < -0.4 is 10.5 Å². The van der Waals surface area contributed by atoms with Gasteiger partial charge >= 0.3 is 0 Å². The van der Waals surface area contributed by atoms with Gasteiger partial charge in [0.2, 0.25) is 5.88 Å².